The van der Waals surface area contributed by atoms with Crippen LogP contribution in [-0.4, -0.2) is 24.3 Å². The predicted octanol–water partition coefficient (Wildman–Crippen LogP) is 4.85. The van der Waals surface area contributed by atoms with Gasteiger partial charge in [0.1, 0.15) is 0 Å². The van der Waals surface area contributed by atoms with Crippen LogP contribution in [0.3, 0.4) is 0 Å². The van der Waals surface area contributed by atoms with Crippen LogP contribution in [0.2, 0.25) is 0 Å². The van der Waals surface area contributed by atoms with E-state index in [1.165, 1.54) is 25.0 Å². The number of hydrogen-bond acceptors (Lipinski definition) is 4. The summed E-state index contributed by atoms with van der Waals surface area (Å²) in [5.41, 5.74) is 1.14. The first-order valence-corrected chi connectivity index (χ1v) is 11.3. The number of carbonyl (C=O) groups is 1. The number of benzene rings is 2. The summed E-state index contributed by atoms with van der Waals surface area (Å²) in [7, 11) is 0. The zero-order valence-electron chi connectivity index (χ0n) is 17.6. The Morgan fingerprint density at radius 3 is 2.44 bits per heavy atom. The van der Waals surface area contributed by atoms with E-state index in [4.69, 9.17) is 4.74 Å². The summed E-state index contributed by atoms with van der Waals surface area (Å²) in [4.78, 5) is 13.4. The molecule has 2 aliphatic carbocycles. The van der Waals surface area contributed by atoms with Gasteiger partial charge >= 0.3 is 6.29 Å². The van der Waals surface area contributed by atoms with Crippen molar-refractivity contribution in [3.05, 3.63) is 59.7 Å². The molecule has 168 valence electrons. The van der Waals surface area contributed by atoms with Crippen LogP contribution in [-0.2, 0) is 14.9 Å². The lowest BCUT2D eigenvalue weighted by atomic mass is 9.90. The van der Waals surface area contributed by atoms with Crippen LogP contribution in [0.25, 0.3) is 0 Å². The second-order valence-electron chi connectivity index (χ2n) is 9.46. The van der Waals surface area contributed by atoms with Gasteiger partial charge in [0.2, 0.25) is 5.91 Å². The molecule has 5 nitrogen and oxygen atoms in total. The van der Waals surface area contributed by atoms with Gasteiger partial charge in [0, 0.05) is 6.04 Å². The highest BCUT2D eigenvalue weighted by molar-refractivity contribution is 5.91. The van der Waals surface area contributed by atoms with E-state index in [1.807, 2.05) is 18.2 Å². The Hall–Kier alpha value is -2.67. The molecule has 7 heteroatoms. The van der Waals surface area contributed by atoms with Crippen molar-refractivity contribution >= 4 is 5.91 Å². The summed E-state index contributed by atoms with van der Waals surface area (Å²) >= 11 is 0. The maximum absolute atomic E-state index is 13.4. The third-order valence-electron chi connectivity index (χ3n) is 7.15. The number of hydrogen-bond donors (Lipinski definition) is 1. The second-order valence-corrected chi connectivity index (χ2v) is 9.46. The zero-order valence-corrected chi connectivity index (χ0v) is 17.6. The standard InChI is InChI=1S/C25H25F2NO4/c26-25(27)31-19-9-8-17(12-22(19)32-25)24(10-11-24)23(29)28-18-13-20(15-4-2-1-3-5-15)30-21(14-18)16-6-7-16/h1-5,8-9,12,16,18,20-21H,6-7,10-11,13-14H2,(H,28,29)/t18-,20-,21+/m0/s1. The van der Waals surface area contributed by atoms with Gasteiger partial charge in [0.05, 0.1) is 17.6 Å². The first kappa shape index (κ1) is 20.0. The molecule has 2 aromatic carbocycles. The molecule has 3 fully saturated rings. The molecule has 0 radical (unpaired) electrons. The lowest BCUT2D eigenvalue weighted by molar-refractivity contribution is -0.286. The number of fused-ring (bicyclic) bond motifs is 1. The number of halogens is 2. The second kappa shape index (κ2) is 7.17. The molecular formula is C25H25F2NO4. The van der Waals surface area contributed by atoms with Gasteiger partial charge in [-0.15, -0.1) is 8.78 Å². The molecule has 3 atom stereocenters. The van der Waals surface area contributed by atoms with E-state index >= 15 is 0 Å². The Balaban J connectivity index is 1.19. The Morgan fingerprint density at radius 2 is 1.72 bits per heavy atom. The average Bonchev–Trinajstić information content (AvgIpc) is 3.69. The zero-order chi connectivity index (χ0) is 21.9. The summed E-state index contributed by atoms with van der Waals surface area (Å²) in [6, 6.07) is 14.8. The molecule has 2 aromatic rings. The number of ether oxygens (including phenoxy) is 3. The van der Waals surface area contributed by atoms with E-state index in [-0.39, 0.29) is 35.7 Å². The molecular weight excluding hydrogens is 416 g/mol. The molecule has 2 heterocycles. The van der Waals surface area contributed by atoms with Gasteiger partial charge < -0.3 is 19.5 Å². The molecule has 2 saturated carbocycles. The number of alkyl halides is 2. The van der Waals surface area contributed by atoms with Crippen molar-refractivity contribution in [3.63, 3.8) is 0 Å². The van der Waals surface area contributed by atoms with E-state index in [2.05, 4.69) is 26.9 Å². The number of amides is 1. The highest BCUT2D eigenvalue weighted by Crippen LogP contribution is 2.52. The summed E-state index contributed by atoms with van der Waals surface area (Å²) in [5, 5.41) is 3.28. The Bertz CT molecular complexity index is 1040. The molecule has 1 saturated heterocycles. The maximum Gasteiger partial charge on any atom is 0.586 e. The largest absolute Gasteiger partial charge is 0.586 e. The third kappa shape index (κ3) is 3.62. The Kier molecular flexibility index (Phi) is 4.47. The van der Waals surface area contributed by atoms with E-state index < -0.39 is 11.7 Å². The highest BCUT2D eigenvalue weighted by atomic mass is 19.3. The molecule has 1 amide bonds. The normalized spacial score (nSPS) is 29.4. The van der Waals surface area contributed by atoms with Crippen molar-refractivity contribution in [2.45, 2.75) is 68.5 Å². The van der Waals surface area contributed by atoms with Crippen LogP contribution >= 0.6 is 0 Å². The van der Waals surface area contributed by atoms with Crippen LogP contribution in [0.4, 0.5) is 8.78 Å². The quantitative estimate of drug-likeness (QED) is 0.721. The van der Waals surface area contributed by atoms with Gasteiger partial charge in [0.15, 0.2) is 11.5 Å². The van der Waals surface area contributed by atoms with Crippen molar-refractivity contribution in [2.24, 2.45) is 5.92 Å². The molecule has 0 aromatic heterocycles. The van der Waals surface area contributed by atoms with Crippen LogP contribution < -0.4 is 14.8 Å². The fourth-order valence-corrected chi connectivity index (χ4v) is 5.07. The lowest BCUT2D eigenvalue weighted by Gasteiger charge is -2.37. The van der Waals surface area contributed by atoms with Crippen LogP contribution in [0, 0.1) is 5.92 Å². The minimum absolute atomic E-state index is 0.00244. The lowest BCUT2D eigenvalue weighted by Crippen LogP contribution is -2.47. The van der Waals surface area contributed by atoms with Crippen molar-refractivity contribution in [2.75, 3.05) is 0 Å². The van der Waals surface area contributed by atoms with Crippen molar-refractivity contribution in [1.82, 2.24) is 5.32 Å². The molecule has 0 unspecified atom stereocenters. The number of rotatable bonds is 5. The Morgan fingerprint density at radius 1 is 0.969 bits per heavy atom. The van der Waals surface area contributed by atoms with Crippen molar-refractivity contribution in [3.8, 4) is 11.5 Å². The van der Waals surface area contributed by atoms with Crippen molar-refractivity contribution in [1.29, 1.82) is 0 Å². The maximum atomic E-state index is 13.4. The monoisotopic (exact) mass is 441 g/mol. The molecule has 1 N–H and O–H groups in total. The van der Waals surface area contributed by atoms with E-state index in [1.54, 1.807) is 6.07 Å². The topological polar surface area (TPSA) is 56.8 Å². The van der Waals surface area contributed by atoms with Gasteiger partial charge in [-0.1, -0.05) is 36.4 Å². The number of carbonyl (C=O) groups excluding carboxylic acids is 1. The number of nitrogens with one attached hydrogen (secondary N) is 1. The van der Waals surface area contributed by atoms with Gasteiger partial charge in [-0.3, -0.25) is 4.79 Å². The fourth-order valence-electron chi connectivity index (χ4n) is 5.07. The minimum atomic E-state index is -3.66. The minimum Gasteiger partial charge on any atom is -0.395 e. The summed E-state index contributed by atoms with van der Waals surface area (Å²) in [5.74, 6) is 0.510. The first-order valence-electron chi connectivity index (χ1n) is 11.3. The van der Waals surface area contributed by atoms with Gasteiger partial charge in [-0.2, -0.15) is 0 Å². The average molecular weight is 441 g/mol. The highest BCUT2D eigenvalue weighted by Gasteiger charge is 2.53. The molecule has 2 aliphatic heterocycles. The first-order chi connectivity index (χ1) is 15.4. The van der Waals surface area contributed by atoms with Gasteiger partial charge in [-0.25, -0.2) is 0 Å². The summed E-state index contributed by atoms with van der Waals surface area (Å²) in [6.45, 7) is 0. The summed E-state index contributed by atoms with van der Waals surface area (Å²) < 4.78 is 42.3. The molecule has 0 spiro atoms. The van der Waals surface area contributed by atoms with Gasteiger partial charge in [0.25, 0.3) is 0 Å². The Labute approximate surface area is 185 Å². The van der Waals surface area contributed by atoms with Gasteiger partial charge in [-0.05, 0) is 67.7 Å². The fraction of sp³-hybridized carbons (Fsp3) is 0.480. The van der Waals surface area contributed by atoms with E-state index in [0.717, 1.165) is 18.4 Å². The van der Waals surface area contributed by atoms with Crippen LogP contribution in [0.1, 0.15) is 55.8 Å². The smallest absolute Gasteiger partial charge is 0.395 e. The predicted molar refractivity (Wildman–Crippen MR) is 112 cm³/mol. The molecule has 6 rings (SSSR count). The molecule has 0 bridgehead atoms. The molecule has 32 heavy (non-hydrogen) atoms. The van der Waals surface area contributed by atoms with E-state index in [9.17, 15) is 13.6 Å². The van der Waals surface area contributed by atoms with Crippen molar-refractivity contribution < 1.29 is 27.8 Å². The van der Waals surface area contributed by atoms with E-state index in [0.29, 0.717) is 24.3 Å². The SMILES string of the molecule is O=C(N[C@H]1C[C@@H](c2ccccc2)O[C@@H](C2CC2)C1)C1(c2ccc3c(c2)OC(F)(F)O3)CC1. The van der Waals surface area contributed by atoms with Crippen LogP contribution in [0.15, 0.2) is 48.5 Å². The summed E-state index contributed by atoms with van der Waals surface area (Å²) in [6.07, 6.45) is 1.72. The third-order valence-corrected chi connectivity index (χ3v) is 7.15. The molecule has 4 aliphatic rings. The van der Waals surface area contributed by atoms with Crippen LogP contribution in [0.5, 0.6) is 11.5 Å².